The summed E-state index contributed by atoms with van der Waals surface area (Å²) in [6, 6.07) is 8.14. The Morgan fingerprint density at radius 2 is 1.95 bits per heavy atom. The fraction of sp³-hybridized carbons (Fsp3) is 0.500. The van der Waals surface area contributed by atoms with E-state index in [9.17, 15) is 5.11 Å². The molecule has 0 amide bonds. The van der Waals surface area contributed by atoms with Crippen molar-refractivity contribution in [3.8, 4) is 0 Å². The van der Waals surface area contributed by atoms with E-state index in [0.717, 1.165) is 37.4 Å². The molecule has 120 valence electrons. The largest absolute Gasteiger partial charge is 0.387 e. The number of aromatic nitrogens is 2. The molecule has 22 heavy (non-hydrogen) atoms. The molecule has 1 unspecified atom stereocenters. The maximum atomic E-state index is 10.4. The number of hydrogen-bond donors (Lipinski definition) is 1. The van der Waals surface area contributed by atoms with Crippen molar-refractivity contribution in [3.63, 3.8) is 0 Å². The third kappa shape index (κ3) is 4.68. The van der Waals surface area contributed by atoms with Crippen LogP contribution in [0.4, 0.5) is 0 Å². The molecule has 1 heterocycles. The Morgan fingerprint density at radius 3 is 2.55 bits per heavy atom. The van der Waals surface area contributed by atoms with E-state index in [0.29, 0.717) is 6.54 Å². The standard InChI is InChI=1S/C18H27N3O/c1-4-20(11-5-12-21-13-10-19-16(21)3)14-18(22)17-8-6-15(2)7-9-17/h6-10,13,18,22H,4-5,11-12,14H2,1-3H3. The lowest BCUT2D eigenvalue weighted by atomic mass is 10.1. The number of benzene rings is 1. The number of nitrogens with zero attached hydrogens (tertiary/aromatic N) is 3. The first-order valence-corrected chi connectivity index (χ1v) is 8.05. The second kappa shape index (κ2) is 8.11. The quantitative estimate of drug-likeness (QED) is 0.815. The van der Waals surface area contributed by atoms with Gasteiger partial charge >= 0.3 is 0 Å². The Kier molecular flexibility index (Phi) is 6.16. The summed E-state index contributed by atoms with van der Waals surface area (Å²) in [6.45, 7) is 9.82. The first-order chi connectivity index (χ1) is 10.6. The van der Waals surface area contributed by atoms with Gasteiger partial charge in [0.2, 0.25) is 0 Å². The minimum atomic E-state index is -0.421. The normalized spacial score (nSPS) is 12.8. The average molecular weight is 301 g/mol. The summed E-state index contributed by atoms with van der Waals surface area (Å²) in [7, 11) is 0. The van der Waals surface area contributed by atoms with E-state index in [1.54, 1.807) is 0 Å². The molecule has 1 aromatic carbocycles. The van der Waals surface area contributed by atoms with Gasteiger partial charge in [0.1, 0.15) is 5.82 Å². The smallest absolute Gasteiger partial charge is 0.105 e. The molecule has 0 bridgehead atoms. The van der Waals surface area contributed by atoms with E-state index in [4.69, 9.17) is 0 Å². The van der Waals surface area contributed by atoms with Crippen molar-refractivity contribution in [2.75, 3.05) is 19.6 Å². The highest BCUT2D eigenvalue weighted by Gasteiger charge is 2.12. The number of likely N-dealkylation sites (N-methyl/N-ethyl adjacent to an activating group) is 1. The molecule has 2 rings (SSSR count). The number of hydrogen-bond acceptors (Lipinski definition) is 3. The first kappa shape index (κ1) is 16.7. The zero-order valence-corrected chi connectivity index (χ0v) is 13.9. The highest BCUT2D eigenvalue weighted by Crippen LogP contribution is 2.15. The van der Waals surface area contributed by atoms with Crippen LogP contribution in [0, 0.1) is 13.8 Å². The number of rotatable bonds is 8. The van der Waals surface area contributed by atoms with Crippen molar-refractivity contribution in [2.24, 2.45) is 0 Å². The van der Waals surface area contributed by atoms with Crippen LogP contribution >= 0.6 is 0 Å². The molecule has 0 aliphatic carbocycles. The van der Waals surface area contributed by atoms with E-state index in [-0.39, 0.29) is 0 Å². The zero-order chi connectivity index (χ0) is 15.9. The second-order valence-corrected chi connectivity index (χ2v) is 5.84. The van der Waals surface area contributed by atoms with Crippen LogP contribution in [0.25, 0.3) is 0 Å². The number of imidazole rings is 1. The molecule has 1 N–H and O–H groups in total. The van der Waals surface area contributed by atoms with Crippen molar-refractivity contribution < 1.29 is 5.11 Å². The maximum absolute atomic E-state index is 10.4. The molecule has 0 saturated heterocycles. The summed E-state index contributed by atoms with van der Waals surface area (Å²) >= 11 is 0. The minimum absolute atomic E-state index is 0.421. The Bertz CT molecular complexity index is 562. The summed E-state index contributed by atoms with van der Waals surface area (Å²) in [5.41, 5.74) is 2.22. The van der Waals surface area contributed by atoms with E-state index >= 15 is 0 Å². The van der Waals surface area contributed by atoms with Crippen molar-refractivity contribution in [3.05, 3.63) is 53.6 Å². The van der Waals surface area contributed by atoms with Gasteiger partial charge in [-0.3, -0.25) is 0 Å². The van der Waals surface area contributed by atoms with Crippen molar-refractivity contribution >= 4 is 0 Å². The fourth-order valence-electron chi connectivity index (χ4n) is 2.62. The Labute approximate surface area is 133 Å². The summed E-state index contributed by atoms with van der Waals surface area (Å²) in [5.74, 6) is 1.06. The van der Waals surface area contributed by atoms with Gasteiger partial charge in [-0.2, -0.15) is 0 Å². The van der Waals surface area contributed by atoms with Crippen molar-refractivity contribution in [1.29, 1.82) is 0 Å². The van der Waals surface area contributed by atoms with Gasteiger partial charge in [-0.05, 0) is 38.9 Å². The van der Waals surface area contributed by atoms with Gasteiger partial charge in [-0.1, -0.05) is 36.8 Å². The predicted octanol–water partition coefficient (Wildman–Crippen LogP) is 2.95. The summed E-state index contributed by atoms with van der Waals surface area (Å²) in [6.07, 6.45) is 4.50. The topological polar surface area (TPSA) is 41.3 Å². The van der Waals surface area contributed by atoms with Crippen LogP contribution in [-0.2, 0) is 6.54 Å². The molecular weight excluding hydrogens is 274 g/mol. The fourth-order valence-corrected chi connectivity index (χ4v) is 2.62. The van der Waals surface area contributed by atoms with Crippen LogP contribution in [0.15, 0.2) is 36.7 Å². The van der Waals surface area contributed by atoms with Crippen LogP contribution in [-0.4, -0.2) is 39.2 Å². The molecule has 0 radical (unpaired) electrons. The van der Waals surface area contributed by atoms with E-state index in [2.05, 4.69) is 40.4 Å². The molecule has 2 aromatic rings. The average Bonchev–Trinajstić information content (AvgIpc) is 2.92. The van der Waals surface area contributed by atoms with Crippen LogP contribution in [0.2, 0.25) is 0 Å². The summed E-state index contributed by atoms with van der Waals surface area (Å²) in [5, 5.41) is 10.4. The van der Waals surface area contributed by atoms with Crippen LogP contribution < -0.4 is 0 Å². The van der Waals surface area contributed by atoms with Gasteiger partial charge < -0.3 is 14.6 Å². The van der Waals surface area contributed by atoms with Crippen LogP contribution in [0.5, 0.6) is 0 Å². The van der Waals surface area contributed by atoms with Gasteiger partial charge in [0.25, 0.3) is 0 Å². The lowest BCUT2D eigenvalue weighted by molar-refractivity contribution is 0.114. The third-order valence-electron chi connectivity index (χ3n) is 4.14. The second-order valence-electron chi connectivity index (χ2n) is 5.84. The van der Waals surface area contributed by atoms with Crippen LogP contribution in [0.3, 0.4) is 0 Å². The van der Waals surface area contributed by atoms with E-state index in [1.807, 2.05) is 31.5 Å². The molecule has 0 aliphatic rings. The molecule has 4 heteroatoms. The molecule has 0 spiro atoms. The third-order valence-corrected chi connectivity index (χ3v) is 4.14. The molecular formula is C18H27N3O. The molecule has 0 aliphatic heterocycles. The maximum Gasteiger partial charge on any atom is 0.105 e. The lowest BCUT2D eigenvalue weighted by Gasteiger charge is -2.24. The lowest BCUT2D eigenvalue weighted by Crippen LogP contribution is -2.30. The van der Waals surface area contributed by atoms with Gasteiger partial charge in [-0.15, -0.1) is 0 Å². The van der Waals surface area contributed by atoms with Gasteiger partial charge in [0.15, 0.2) is 0 Å². The molecule has 0 fully saturated rings. The Balaban J connectivity index is 1.81. The highest BCUT2D eigenvalue weighted by atomic mass is 16.3. The Hall–Kier alpha value is -1.65. The minimum Gasteiger partial charge on any atom is -0.387 e. The predicted molar refractivity (Wildman–Crippen MR) is 89.8 cm³/mol. The van der Waals surface area contributed by atoms with Gasteiger partial charge in [-0.25, -0.2) is 4.98 Å². The molecule has 4 nitrogen and oxygen atoms in total. The van der Waals surface area contributed by atoms with E-state index in [1.165, 1.54) is 5.56 Å². The molecule has 1 aromatic heterocycles. The number of aliphatic hydroxyl groups excluding tert-OH is 1. The van der Waals surface area contributed by atoms with Gasteiger partial charge in [0.05, 0.1) is 6.10 Å². The molecule has 1 atom stereocenters. The number of aryl methyl sites for hydroxylation is 3. The van der Waals surface area contributed by atoms with Crippen molar-refractivity contribution in [1.82, 2.24) is 14.5 Å². The van der Waals surface area contributed by atoms with E-state index < -0.39 is 6.10 Å². The number of aliphatic hydroxyl groups is 1. The zero-order valence-electron chi connectivity index (χ0n) is 13.9. The van der Waals surface area contributed by atoms with Crippen LogP contribution in [0.1, 0.15) is 36.4 Å². The SMILES string of the molecule is CCN(CCCn1ccnc1C)CC(O)c1ccc(C)cc1. The van der Waals surface area contributed by atoms with Crippen molar-refractivity contribution in [2.45, 2.75) is 39.8 Å². The summed E-state index contributed by atoms with van der Waals surface area (Å²) in [4.78, 5) is 6.54. The monoisotopic (exact) mass is 301 g/mol. The first-order valence-electron chi connectivity index (χ1n) is 8.05. The summed E-state index contributed by atoms with van der Waals surface area (Å²) < 4.78 is 2.17. The molecule has 0 saturated carbocycles. The van der Waals surface area contributed by atoms with Gasteiger partial charge in [0, 0.05) is 25.5 Å². The highest BCUT2D eigenvalue weighted by molar-refractivity contribution is 5.23. The Morgan fingerprint density at radius 1 is 1.23 bits per heavy atom.